The average molecular weight is 184 g/mol. The number of likely N-dealkylation sites (N-methyl/N-ethyl adjacent to an activating group) is 1. The van der Waals surface area contributed by atoms with Crippen molar-refractivity contribution in [1.82, 2.24) is 10.2 Å². The summed E-state index contributed by atoms with van der Waals surface area (Å²) in [5.41, 5.74) is 0. The summed E-state index contributed by atoms with van der Waals surface area (Å²) >= 11 is 0. The predicted molar refractivity (Wildman–Crippen MR) is 53.5 cm³/mol. The number of likely N-dealkylation sites (tertiary alicyclic amines) is 1. The first-order chi connectivity index (χ1) is 6.17. The van der Waals surface area contributed by atoms with Gasteiger partial charge in [-0.3, -0.25) is 4.79 Å². The second kappa shape index (κ2) is 4.61. The number of nitrogens with one attached hydrogen (secondary N) is 1. The molecule has 76 valence electrons. The molecule has 0 aromatic rings. The molecule has 2 atom stereocenters. The van der Waals surface area contributed by atoms with Gasteiger partial charge in [0.05, 0.1) is 0 Å². The zero-order chi connectivity index (χ0) is 9.84. The van der Waals surface area contributed by atoms with Crippen LogP contribution in [-0.4, -0.2) is 37.0 Å². The van der Waals surface area contributed by atoms with E-state index in [1.165, 1.54) is 0 Å². The van der Waals surface area contributed by atoms with Crippen LogP contribution in [0.3, 0.4) is 0 Å². The van der Waals surface area contributed by atoms with Crippen LogP contribution in [0, 0.1) is 5.92 Å². The number of hydrogen-bond acceptors (Lipinski definition) is 2. The molecular weight excluding hydrogens is 164 g/mol. The largest absolute Gasteiger partial charge is 0.341 e. The van der Waals surface area contributed by atoms with Gasteiger partial charge in [0.1, 0.15) is 0 Å². The molecule has 3 nitrogen and oxygen atoms in total. The van der Waals surface area contributed by atoms with Crippen molar-refractivity contribution in [2.45, 2.75) is 32.7 Å². The molecule has 0 spiro atoms. The van der Waals surface area contributed by atoms with Gasteiger partial charge in [-0.25, -0.2) is 0 Å². The van der Waals surface area contributed by atoms with Gasteiger partial charge in [-0.15, -0.1) is 0 Å². The molecule has 13 heavy (non-hydrogen) atoms. The molecule has 1 rings (SSSR count). The van der Waals surface area contributed by atoms with Crippen LogP contribution in [-0.2, 0) is 4.79 Å². The first-order valence-corrected chi connectivity index (χ1v) is 5.12. The van der Waals surface area contributed by atoms with E-state index in [4.69, 9.17) is 0 Å². The third-order valence-electron chi connectivity index (χ3n) is 2.75. The van der Waals surface area contributed by atoms with Crippen molar-refractivity contribution in [1.29, 1.82) is 0 Å². The quantitative estimate of drug-likeness (QED) is 0.702. The highest BCUT2D eigenvalue weighted by Gasteiger charge is 2.27. The normalized spacial score (nSPS) is 25.3. The van der Waals surface area contributed by atoms with E-state index >= 15 is 0 Å². The molecular formula is C10H20N2O. The molecule has 0 saturated carbocycles. The molecule has 1 heterocycles. The second-order valence-corrected chi connectivity index (χ2v) is 4.00. The Morgan fingerprint density at radius 3 is 2.77 bits per heavy atom. The summed E-state index contributed by atoms with van der Waals surface area (Å²) in [7, 11) is 1.96. The maximum atomic E-state index is 11.5. The molecule has 1 fully saturated rings. The van der Waals surface area contributed by atoms with Crippen molar-refractivity contribution in [3.05, 3.63) is 0 Å². The molecule has 1 aliphatic rings. The molecule has 0 aromatic heterocycles. The van der Waals surface area contributed by atoms with Crippen LogP contribution in [0.25, 0.3) is 0 Å². The Morgan fingerprint density at radius 1 is 1.69 bits per heavy atom. The van der Waals surface area contributed by atoms with Crippen molar-refractivity contribution in [3.63, 3.8) is 0 Å². The van der Waals surface area contributed by atoms with E-state index in [-0.39, 0.29) is 0 Å². The Hall–Kier alpha value is -0.570. The van der Waals surface area contributed by atoms with Gasteiger partial charge in [-0.05, 0) is 19.4 Å². The summed E-state index contributed by atoms with van der Waals surface area (Å²) in [4.78, 5) is 13.4. The van der Waals surface area contributed by atoms with E-state index < -0.39 is 0 Å². The van der Waals surface area contributed by atoms with E-state index in [0.29, 0.717) is 17.9 Å². The Labute approximate surface area is 80.5 Å². The Kier molecular flexibility index (Phi) is 3.72. The number of carbonyl (C=O) groups excluding carboxylic acids is 1. The summed E-state index contributed by atoms with van der Waals surface area (Å²) in [5.74, 6) is 0.864. The standard InChI is InChI=1S/C10H20N2O/c1-4-9(11-3)7-12-6-8(2)5-10(12)13/h8-9,11H,4-7H2,1-3H3. The minimum Gasteiger partial charge on any atom is -0.341 e. The van der Waals surface area contributed by atoms with Gasteiger partial charge in [0, 0.05) is 25.6 Å². The van der Waals surface area contributed by atoms with E-state index in [1.54, 1.807) is 0 Å². The van der Waals surface area contributed by atoms with Crippen LogP contribution in [0.2, 0.25) is 0 Å². The van der Waals surface area contributed by atoms with Gasteiger partial charge in [0.25, 0.3) is 0 Å². The zero-order valence-electron chi connectivity index (χ0n) is 8.84. The minimum atomic E-state index is 0.321. The van der Waals surface area contributed by atoms with E-state index in [1.807, 2.05) is 11.9 Å². The molecule has 0 aromatic carbocycles. The lowest BCUT2D eigenvalue weighted by molar-refractivity contribution is -0.128. The molecule has 1 aliphatic heterocycles. The van der Waals surface area contributed by atoms with Crippen LogP contribution in [0.1, 0.15) is 26.7 Å². The SMILES string of the molecule is CCC(CN1CC(C)CC1=O)NC. The lowest BCUT2D eigenvalue weighted by atomic mass is 10.2. The fourth-order valence-corrected chi connectivity index (χ4v) is 1.84. The van der Waals surface area contributed by atoms with Crippen LogP contribution in [0.4, 0.5) is 0 Å². The van der Waals surface area contributed by atoms with Crippen molar-refractivity contribution in [2.24, 2.45) is 5.92 Å². The molecule has 0 aliphatic carbocycles. The Morgan fingerprint density at radius 2 is 2.38 bits per heavy atom. The lowest BCUT2D eigenvalue weighted by Crippen LogP contribution is -2.39. The fraction of sp³-hybridized carbons (Fsp3) is 0.900. The number of carbonyl (C=O) groups is 1. The third-order valence-corrected chi connectivity index (χ3v) is 2.75. The monoisotopic (exact) mass is 184 g/mol. The van der Waals surface area contributed by atoms with Crippen molar-refractivity contribution in [3.8, 4) is 0 Å². The van der Waals surface area contributed by atoms with E-state index in [0.717, 1.165) is 25.9 Å². The topological polar surface area (TPSA) is 32.3 Å². The summed E-state index contributed by atoms with van der Waals surface area (Å²) in [5, 5.41) is 3.22. The smallest absolute Gasteiger partial charge is 0.222 e. The Bertz CT molecular complexity index is 178. The van der Waals surface area contributed by atoms with E-state index in [2.05, 4.69) is 19.2 Å². The first-order valence-electron chi connectivity index (χ1n) is 5.12. The van der Waals surface area contributed by atoms with Gasteiger partial charge in [0.2, 0.25) is 5.91 Å². The van der Waals surface area contributed by atoms with Gasteiger partial charge in [0.15, 0.2) is 0 Å². The maximum absolute atomic E-state index is 11.5. The Balaban J connectivity index is 2.40. The van der Waals surface area contributed by atoms with E-state index in [9.17, 15) is 4.79 Å². The molecule has 0 radical (unpaired) electrons. The van der Waals surface area contributed by atoms with Gasteiger partial charge in [-0.2, -0.15) is 0 Å². The highest BCUT2D eigenvalue weighted by atomic mass is 16.2. The molecule has 1 N–H and O–H groups in total. The van der Waals surface area contributed by atoms with Crippen molar-refractivity contribution in [2.75, 3.05) is 20.1 Å². The highest BCUT2D eigenvalue weighted by Crippen LogP contribution is 2.16. The minimum absolute atomic E-state index is 0.321. The molecule has 0 bridgehead atoms. The zero-order valence-corrected chi connectivity index (χ0v) is 8.84. The second-order valence-electron chi connectivity index (χ2n) is 4.00. The highest BCUT2D eigenvalue weighted by molar-refractivity contribution is 5.78. The fourth-order valence-electron chi connectivity index (χ4n) is 1.84. The number of nitrogens with zero attached hydrogens (tertiary/aromatic N) is 1. The molecule has 1 saturated heterocycles. The predicted octanol–water partition coefficient (Wildman–Crippen LogP) is 0.853. The molecule has 1 amide bonds. The van der Waals surface area contributed by atoms with Crippen LogP contribution in [0.15, 0.2) is 0 Å². The number of rotatable bonds is 4. The average Bonchev–Trinajstić information content (AvgIpc) is 2.41. The maximum Gasteiger partial charge on any atom is 0.222 e. The third kappa shape index (κ3) is 2.69. The van der Waals surface area contributed by atoms with Crippen LogP contribution >= 0.6 is 0 Å². The number of amides is 1. The summed E-state index contributed by atoms with van der Waals surface area (Å²) in [6, 6.07) is 0.453. The number of hydrogen-bond donors (Lipinski definition) is 1. The summed E-state index contributed by atoms with van der Waals surface area (Å²) in [6.07, 6.45) is 1.81. The van der Waals surface area contributed by atoms with Crippen LogP contribution < -0.4 is 5.32 Å². The summed E-state index contributed by atoms with van der Waals surface area (Å²) < 4.78 is 0. The molecule has 2 unspecified atom stereocenters. The van der Waals surface area contributed by atoms with Gasteiger partial charge < -0.3 is 10.2 Å². The van der Waals surface area contributed by atoms with Crippen molar-refractivity contribution >= 4 is 5.91 Å². The lowest BCUT2D eigenvalue weighted by Gasteiger charge is -2.22. The first kappa shape index (κ1) is 10.5. The van der Waals surface area contributed by atoms with Gasteiger partial charge in [-0.1, -0.05) is 13.8 Å². The van der Waals surface area contributed by atoms with Crippen molar-refractivity contribution < 1.29 is 4.79 Å². The summed E-state index contributed by atoms with van der Waals surface area (Å²) in [6.45, 7) is 6.09. The van der Waals surface area contributed by atoms with Crippen LogP contribution in [0.5, 0.6) is 0 Å². The molecule has 3 heteroatoms. The van der Waals surface area contributed by atoms with Gasteiger partial charge >= 0.3 is 0 Å².